The first-order valence-electron chi connectivity index (χ1n) is 6.17. The summed E-state index contributed by atoms with van der Waals surface area (Å²) in [4.78, 5) is 12.1. The number of hydrogen-bond donors (Lipinski definition) is 1. The van der Waals surface area contributed by atoms with Gasteiger partial charge in [0.1, 0.15) is 0 Å². The van der Waals surface area contributed by atoms with Crippen molar-refractivity contribution in [3.8, 4) is 0 Å². The lowest BCUT2D eigenvalue weighted by molar-refractivity contribution is 0.102. The standard InChI is InChI=1S/C15H17N3O/c1-15(2,3)11-7-4-5-8-12(11)17-14(19)13-9-6-10-16-18-13/h4-10H,1-3H3,(H,17,19). The Morgan fingerprint density at radius 3 is 2.47 bits per heavy atom. The summed E-state index contributed by atoms with van der Waals surface area (Å²) in [7, 11) is 0. The summed E-state index contributed by atoms with van der Waals surface area (Å²) in [6.45, 7) is 6.33. The molecule has 0 aliphatic carbocycles. The van der Waals surface area contributed by atoms with Crippen LogP contribution in [0.5, 0.6) is 0 Å². The first kappa shape index (κ1) is 13.2. The quantitative estimate of drug-likeness (QED) is 0.897. The molecule has 0 saturated heterocycles. The highest BCUT2D eigenvalue weighted by atomic mass is 16.1. The fraction of sp³-hybridized carbons (Fsp3) is 0.267. The molecule has 2 aromatic rings. The average Bonchev–Trinajstić information content (AvgIpc) is 2.39. The van der Waals surface area contributed by atoms with Crippen molar-refractivity contribution in [1.29, 1.82) is 0 Å². The summed E-state index contributed by atoms with van der Waals surface area (Å²) < 4.78 is 0. The van der Waals surface area contributed by atoms with Crippen LogP contribution in [-0.2, 0) is 5.41 Å². The summed E-state index contributed by atoms with van der Waals surface area (Å²) in [5, 5.41) is 10.4. The van der Waals surface area contributed by atoms with Crippen LogP contribution in [0, 0.1) is 0 Å². The Morgan fingerprint density at radius 1 is 1.11 bits per heavy atom. The van der Waals surface area contributed by atoms with Gasteiger partial charge in [-0.2, -0.15) is 5.10 Å². The van der Waals surface area contributed by atoms with Crippen LogP contribution < -0.4 is 5.32 Å². The zero-order valence-electron chi connectivity index (χ0n) is 11.3. The van der Waals surface area contributed by atoms with Gasteiger partial charge in [-0.15, -0.1) is 5.10 Å². The number of benzene rings is 1. The Labute approximate surface area is 112 Å². The second kappa shape index (κ2) is 5.18. The summed E-state index contributed by atoms with van der Waals surface area (Å²) in [6.07, 6.45) is 1.54. The third-order valence-electron chi connectivity index (χ3n) is 2.79. The van der Waals surface area contributed by atoms with Crippen molar-refractivity contribution in [3.05, 3.63) is 53.9 Å². The molecule has 0 fully saturated rings. The lowest BCUT2D eigenvalue weighted by atomic mass is 9.86. The largest absolute Gasteiger partial charge is 0.320 e. The Bertz CT molecular complexity index is 573. The zero-order chi connectivity index (χ0) is 13.9. The number of carbonyl (C=O) groups excluding carboxylic acids is 1. The van der Waals surface area contributed by atoms with E-state index in [1.165, 1.54) is 0 Å². The molecule has 98 valence electrons. The highest BCUT2D eigenvalue weighted by molar-refractivity contribution is 6.03. The molecule has 0 saturated carbocycles. The number of hydrogen-bond acceptors (Lipinski definition) is 3. The molecule has 19 heavy (non-hydrogen) atoms. The molecular weight excluding hydrogens is 238 g/mol. The molecular formula is C15H17N3O. The van der Waals surface area contributed by atoms with Gasteiger partial charge in [0.15, 0.2) is 5.69 Å². The van der Waals surface area contributed by atoms with Crippen LogP contribution in [-0.4, -0.2) is 16.1 Å². The van der Waals surface area contributed by atoms with E-state index < -0.39 is 0 Å². The highest BCUT2D eigenvalue weighted by Gasteiger charge is 2.19. The van der Waals surface area contributed by atoms with Crippen LogP contribution in [0.4, 0.5) is 5.69 Å². The molecule has 0 bridgehead atoms. The minimum absolute atomic E-state index is 0.0355. The maximum absolute atomic E-state index is 12.1. The van der Waals surface area contributed by atoms with E-state index in [1.54, 1.807) is 18.3 Å². The van der Waals surface area contributed by atoms with Gasteiger partial charge in [-0.25, -0.2) is 0 Å². The number of para-hydroxylation sites is 1. The van der Waals surface area contributed by atoms with Gasteiger partial charge in [0.25, 0.3) is 5.91 Å². The first-order valence-corrected chi connectivity index (χ1v) is 6.17. The second-order valence-corrected chi connectivity index (χ2v) is 5.36. The third-order valence-corrected chi connectivity index (χ3v) is 2.79. The first-order chi connectivity index (χ1) is 8.98. The minimum atomic E-state index is -0.246. The number of carbonyl (C=O) groups is 1. The van der Waals surface area contributed by atoms with E-state index in [4.69, 9.17) is 0 Å². The van der Waals surface area contributed by atoms with Crippen molar-refractivity contribution in [2.24, 2.45) is 0 Å². The number of nitrogens with one attached hydrogen (secondary N) is 1. The second-order valence-electron chi connectivity index (χ2n) is 5.36. The molecule has 1 aromatic carbocycles. The van der Waals surface area contributed by atoms with Crippen LogP contribution >= 0.6 is 0 Å². The van der Waals surface area contributed by atoms with Crippen LogP contribution in [0.3, 0.4) is 0 Å². The molecule has 4 heteroatoms. The maximum Gasteiger partial charge on any atom is 0.276 e. The molecule has 1 amide bonds. The minimum Gasteiger partial charge on any atom is -0.320 e. The number of nitrogens with zero attached hydrogens (tertiary/aromatic N) is 2. The van der Waals surface area contributed by atoms with Gasteiger partial charge in [-0.3, -0.25) is 4.79 Å². The van der Waals surface area contributed by atoms with E-state index in [-0.39, 0.29) is 11.3 Å². The van der Waals surface area contributed by atoms with Crippen LogP contribution in [0.1, 0.15) is 36.8 Å². The van der Waals surface area contributed by atoms with Gasteiger partial charge in [-0.05, 0) is 29.2 Å². The molecule has 0 unspecified atom stereocenters. The number of aromatic nitrogens is 2. The molecule has 1 aromatic heterocycles. The van der Waals surface area contributed by atoms with Crippen molar-refractivity contribution in [1.82, 2.24) is 10.2 Å². The van der Waals surface area contributed by atoms with E-state index >= 15 is 0 Å². The lowest BCUT2D eigenvalue weighted by Crippen LogP contribution is -2.19. The topological polar surface area (TPSA) is 54.9 Å². The summed E-state index contributed by atoms with van der Waals surface area (Å²) >= 11 is 0. The van der Waals surface area contributed by atoms with Crippen LogP contribution in [0.2, 0.25) is 0 Å². The van der Waals surface area contributed by atoms with Crippen molar-refractivity contribution >= 4 is 11.6 Å². The smallest absolute Gasteiger partial charge is 0.276 e. The summed E-state index contributed by atoms with van der Waals surface area (Å²) in [6, 6.07) is 11.1. The van der Waals surface area contributed by atoms with Gasteiger partial charge in [-0.1, -0.05) is 39.0 Å². The van der Waals surface area contributed by atoms with Crippen molar-refractivity contribution < 1.29 is 4.79 Å². The SMILES string of the molecule is CC(C)(C)c1ccccc1NC(=O)c1cccnn1. The van der Waals surface area contributed by atoms with Gasteiger partial charge < -0.3 is 5.32 Å². The maximum atomic E-state index is 12.1. The molecule has 0 spiro atoms. The van der Waals surface area contributed by atoms with Crippen LogP contribution in [0.15, 0.2) is 42.6 Å². The Hall–Kier alpha value is -2.23. The molecule has 4 nitrogen and oxygen atoms in total. The fourth-order valence-electron chi connectivity index (χ4n) is 1.86. The Balaban J connectivity index is 2.28. The van der Waals surface area contributed by atoms with E-state index in [9.17, 15) is 4.79 Å². The van der Waals surface area contributed by atoms with E-state index in [0.717, 1.165) is 11.3 Å². The number of amides is 1. The van der Waals surface area contributed by atoms with E-state index in [2.05, 4.69) is 36.3 Å². The van der Waals surface area contributed by atoms with E-state index in [1.807, 2.05) is 24.3 Å². The van der Waals surface area contributed by atoms with Gasteiger partial charge in [0.05, 0.1) is 0 Å². The monoisotopic (exact) mass is 255 g/mol. The number of anilines is 1. The molecule has 2 rings (SSSR count). The summed E-state index contributed by atoms with van der Waals surface area (Å²) in [5.74, 6) is -0.246. The van der Waals surface area contributed by atoms with Gasteiger partial charge >= 0.3 is 0 Å². The molecule has 0 aliphatic heterocycles. The van der Waals surface area contributed by atoms with Crippen molar-refractivity contribution in [3.63, 3.8) is 0 Å². The molecule has 1 heterocycles. The predicted octanol–water partition coefficient (Wildman–Crippen LogP) is 3.03. The van der Waals surface area contributed by atoms with Crippen LogP contribution in [0.25, 0.3) is 0 Å². The molecule has 0 atom stereocenters. The zero-order valence-corrected chi connectivity index (χ0v) is 11.3. The van der Waals surface area contributed by atoms with Gasteiger partial charge in [0, 0.05) is 11.9 Å². The molecule has 0 aliphatic rings. The van der Waals surface area contributed by atoms with Crippen molar-refractivity contribution in [2.45, 2.75) is 26.2 Å². The van der Waals surface area contributed by atoms with Crippen molar-refractivity contribution in [2.75, 3.05) is 5.32 Å². The summed E-state index contributed by atoms with van der Waals surface area (Å²) in [5.41, 5.74) is 2.18. The Kier molecular flexibility index (Phi) is 3.60. The van der Waals surface area contributed by atoms with E-state index in [0.29, 0.717) is 5.69 Å². The third kappa shape index (κ3) is 3.16. The molecule has 0 radical (unpaired) electrons. The lowest BCUT2D eigenvalue weighted by Gasteiger charge is -2.22. The fourth-order valence-corrected chi connectivity index (χ4v) is 1.86. The Morgan fingerprint density at radius 2 is 1.84 bits per heavy atom. The predicted molar refractivity (Wildman–Crippen MR) is 75.1 cm³/mol. The normalized spacial score (nSPS) is 11.1. The molecule has 1 N–H and O–H groups in total. The number of rotatable bonds is 2. The highest BCUT2D eigenvalue weighted by Crippen LogP contribution is 2.29. The average molecular weight is 255 g/mol. The van der Waals surface area contributed by atoms with Gasteiger partial charge in [0.2, 0.25) is 0 Å².